The van der Waals surface area contributed by atoms with Crippen molar-refractivity contribution >= 4 is 17.1 Å². The van der Waals surface area contributed by atoms with E-state index in [9.17, 15) is 14.4 Å². The zero-order chi connectivity index (χ0) is 18.7. The molecule has 8 heteroatoms. The monoisotopic (exact) mass is 361 g/mol. The van der Waals surface area contributed by atoms with Crippen LogP contribution in [0.4, 0.5) is 0 Å². The molecule has 0 saturated heterocycles. The SMILES string of the molecule is Cn1c(=O)c2c(ncn2CCCC(=O)NC2CCCCCC2)n(C)c1=O. The van der Waals surface area contributed by atoms with Gasteiger partial charge in [-0.1, -0.05) is 25.7 Å². The Hall–Kier alpha value is -2.38. The highest BCUT2D eigenvalue weighted by Crippen LogP contribution is 2.17. The van der Waals surface area contributed by atoms with Gasteiger partial charge in [-0.25, -0.2) is 9.78 Å². The Bertz CT molecular complexity index is 900. The number of hydrogen-bond donors (Lipinski definition) is 1. The number of rotatable bonds is 5. The molecule has 1 amide bonds. The van der Waals surface area contributed by atoms with Crippen molar-refractivity contribution in [3.63, 3.8) is 0 Å². The number of fused-ring (bicyclic) bond motifs is 1. The largest absolute Gasteiger partial charge is 0.353 e. The van der Waals surface area contributed by atoms with Crippen LogP contribution >= 0.6 is 0 Å². The second-order valence-electron chi connectivity index (χ2n) is 7.18. The quantitative estimate of drug-likeness (QED) is 0.806. The third-order valence-electron chi connectivity index (χ3n) is 5.24. The van der Waals surface area contributed by atoms with Crippen LogP contribution in [0.1, 0.15) is 51.4 Å². The fraction of sp³-hybridized carbons (Fsp3) is 0.667. The van der Waals surface area contributed by atoms with E-state index < -0.39 is 5.69 Å². The third kappa shape index (κ3) is 3.73. The maximum Gasteiger partial charge on any atom is 0.332 e. The van der Waals surface area contributed by atoms with Crippen molar-refractivity contribution < 1.29 is 4.79 Å². The number of aromatic nitrogens is 4. The van der Waals surface area contributed by atoms with E-state index in [1.807, 2.05) is 0 Å². The first-order chi connectivity index (χ1) is 12.5. The van der Waals surface area contributed by atoms with Crippen LogP contribution in [0.2, 0.25) is 0 Å². The zero-order valence-electron chi connectivity index (χ0n) is 15.5. The Kier molecular flexibility index (Phi) is 5.58. The predicted molar refractivity (Wildman–Crippen MR) is 99.1 cm³/mol. The van der Waals surface area contributed by atoms with Gasteiger partial charge in [0, 0.05) is 33.1 Å². The number of nitrogens with zero attached hydrogens (tertiary/aromatic N) is 4. The van der Waals surface area contributed by atoms with E-state index in [1.54, 1.807) is 17.9 Å². The van der Waals surface area contributed by atoms with E-state index in [-0.39, 0.29) is 11.5 Å². The van der Waals surface area contributed by atoms with Crippen molar-refractivity contribution in [1.29, 1.82) is 0 Å². The fourth-order valence-electron chi connectivity index (χ4n) is 3.70. The average Bonchev–Trinajstić information content (AvgIpc) is 2.87. The van der Waals surface area contributed by atoms with Crippen LogP contribution in [0.25, 0.3) is 11.2 Å². The Morgan fingerprint density at radius 1 is 1.15 bits per heavy atom. The van der Waals surface area contributed by atoms with Crippen molar-refractivity contribution in [2.24, 2.45) is 14.1 Å². The van der Waals surface area contributed by atoms with Crippen molar-refractivity contribution in [1.82, 2.24) is 24.0 Å². The second kappa shape index (κ2) is 7.88. The normalized spacial score (nSPS) is 15.9. The summed E-state index contributed by atoms with van der Waals surface area (Å²) in [6.07, 6.45) is 9.65. The van der Waals surface area contributed by atoms with Gasteiger partial charge in [-0.2, -0.15) is 0 Å². The lowest BCUT2D eigenvalue weighted by Crippen LogP contribution is -2.37. The minimum Gasteiger partial charge on any atom is -0.353 e. The van der Waals surface area contributed by atoms with Crippen molar-refractivity contribution in [3.8, 4) is 0 Å². The van der Waals surface area contributed by atoms with Gasteiger partial charge in [0.1, 0.15) is 0 Å². The van der Waals surface area contributed by atoms with E-state index in [0.717, 1.165) is 17.4 Å². The van der Waals surface area contributed by atoms with Gasteiger partial charge in [0.25, 0.3) is 5.56 Å². The highest BCUT2D eigenvalue weighted by Gasteiger charge is 2.16. The maximum atomic E-state index is 12.4. The number of amides is 1. The number of imidazole rings is 1. The van der Waals surface area contributed by atoms with Gasteiger partial charge in [-0.15, -0.1) is 0 Å². The Morgan fingerprint density at radius 2 is 1.85 bits per heavy atom. The molecule has 0 unspecified atom stereocenters. The molecule has 8 nitrogen and oxygen atoms in total. The second-order valence-corrected chi connectivity index (χ2v) is 7.18. The molecule has 142 valence electrons. The molecule has 0 bridgehead atoms. The van der Waals surface area contributed by atoms with E-state index >= 15 is 0 Å². The van der Waals surface area contributed by atoms with Crippen molar-refractivity contribution in [3.05, 3.63) is 27.2 Å². The lowest BCUT2D eigenvalue weighted by molar-refractivity contribution is -0.122. The molecular weight excluding hydrogens is 334 g/mol. The summed E-state index contributed by atoms with van der Waals surface area (Å²) in [5.41, 5.74) is 0.0267. The van der Waals surface area contributed by atoms with Crippen molar-refractivity contribution in [2.45, 2.75) is 64.0 Å². The van der Waals surface area contributed by atoms with Crippen LogP contribution in [0.5, 0.6) is 0 Å². The summed E-state index contributed by atoms with van der Waals surface area (Å²) in [4.78, 5) is 40.7. The Morgan fingerprint density at radius 3 is 2.54 bits per heavy atom. The van der Waals surface area contributed by atoms with Crippen LogP contribution in [0.15, 0.2) is 15.9 Å². The van der Waals surface area contributed by atoms with Gasteiger partial charge in [-0.05, 0) is 19.3 Å². The van der Waals surface area contributed by atoms with Crippen molar-refractivity contribution in [2.75, 3.05) is 0 Å². The molecular formula is C18H27N5O3. The van der Waals surface area contributed by atoms with Crippen LogP contribution < -0.4 is 16.6 Å². The zero-order valence-corrected chi connectivity index (χ0v) is 15.5. The smallest absolute Gasteiger partial charge is 0.332 e. The number of carbonyl (C=O) groups is 1. The van der Waals surface area contributed by atoms with Crippen LogP contribution in [0.3, 0.4) is 0 Å². The molecule has 0 aliphatic heterocycles. The molecule has 1 fully saturated rings. The Labute approximate surface area is 151 Å². The molecule has 0 atom stereocenters. The molecule has 1 aliphatic rings. The molecule has 1 aliphatic carbocycles. The minimum absolute atomic E-state index is 0.0709. The van der Waals surface area contributed by atoms with Crippen LogP contribution in [-0.2, 0) is 25.4 Å². The molecule has 2 aromatic heterocycles. The topological polar surface area (TPSA) is 90.9 Å². The number of carbonyl (C=O) groups excluding carboxylic acids is 1. The van der Waals surface area contributed by atoms with E-state index in [0.29, 0.717) is 36.6 Å². The molecule has 1 N–H and O–H groups in total. The van der Waals surface area contributed by atoms with E-state index in [2.05, 4.69) is 10.3 Å². The number of aryl methyl sites for hydroxylation is 2. The highest BCUT2D eigenvalue weighted by atomic mass is 16.2. The summed E-state index contributed by atoms with van der Waals surface area (Å²) in [5, 5.41) is 3.14. The summed E-state index contributed by atoms with van der Waals surface area (Å²) in [6, 6.07) is 0.306. The summed E-state index contributed by atoms with van der Waals surface area (Å²) < 4.78 is 4.18. The molecule has 1 saturated carbocycles. The Balaban J connectivity index is 1.62. The molecule has 2 aromatic rings. The first-order valence-corrected chi connectivity index (χ1v) is 9.39. The lowest BCUT2D eigenvalue weighted by Gasteiger charge is -2.16. The van der Waals surface area contributed by atoms with Crippen LogP contribution in [-0.4, -0.2) is 30.6 Å². The predicted octanol–water partition coefficient (Wildman–Crippen LogP) is 1.05. The summed E-state index contributed by atoms with van der Waals surface area (Å²) >= 11 is 0. The first kappa shape index (κ1) is 18.4. The highest BCUT2D eigenvalue weighted by molar-refractivity contribution is 5.76. The van der Waals surface area contributed by atoms with Gasteiger partial charge in [0.15, 0.2) is 11.2 Å². The molecule has 2 heterocycles. The number of nitrogens with one attached hydrogen (secondary N) is 1. The van der Waals surface area contributed by atoms with E-state index in [1.165, 1.54) is 37.3 Å². The van der Waals surface area contributed by atoms with Gasteiger partial charge in [0.05, 0.1) is 6.33 Å². The number of hydrogen-bond acceptors (Lipinski definition) is 4. The van der Waals surface area contributed by atoms with Crippen LogP contribution in [0, 0.1) is 0 Å². The standard InChI is InChI=1S/C18H27N5O3/c1-21-16-15(17(25)22(2)18(21)26)23(12-19-16)11-7-10-14(24)20-13-8-5-3-4-6-9-13/h12-13H,3-11H2,1-2H3,(H,20,24). The first-order valence-electron chi connectivity index (χ1n) is 9.39. The summed E-state index contributed by atoms with van der Waals surface area (Å²) in [5.74, 6) is 0.0709. The van der Waals surface area contributed by atoms with Gasteiger partial charge >= 0.3 is 5.69 Å². The molecule has 0 radical (unpaired) electrons. The minimum atomic E-state index is -0.393. The molecule has 26 heavy (non-hydrogen) atoms. The van der Waals surface area contributed by atoms with Gasteiger partial charge < -0.3 is 9.88 Å². The fourth-order valence-corrected chi connectivity index (χ4v) is 3.70. The van der Waals surface area contributed by atoms with E-state index in [4.69, 9.17) is 0 Å². The summed E-state index contributed by atoms with van der Waals surface area (Å²) in [6.45, 7) is 0.516. The molecule has 0 aromatic carbocycles. The average molecular weight is 361 g/mol. The molecule has 3 rings (SSSR count). The summed E-state index contributed by atoms with van der Waals surface area (Å²) in [7, 11) is 3.06. The van der Waals surface area contributed by atoms with Gasteiger partial charge in [-0.3, -0.25) is 18.7 Å². The molecule has 0 spiro atoms. The lowest BCUT2D eigenvalue weighted by atomic mass is 10.1. The third-order valence-corrected chi connectivity index (χ3v) is 5.24. The maximum absolute atomic E-state index is 12.4. The van der Waals surface area contributed by atoms with Gasteiger partial charge in [0.2, 0.25) is 5.91 Å².